The van der Waals surface area contributed by atoms with Crippen LogP contribution in [0.25, 0.3) is 0 Å². The van der Waals surface area contributed by atoms with Gasteiger partial charge in [0.15, 0.2) is 6.61 Å². The lowest BCUT2D eigenvalue weighted by atomic mass is 9.94. The van der Waals surface area contributed by atoms with Gasteiger partial charge >= 0.3 is 12.2 Å². The number of halogens is 3. The van der Waals surface area contributed by atoms with Crippen molar-refractivity contribution < 1.29 is 32.2 Å². The minimum atomic E-state index is -4.57. The van der Waals surface area contributed by atoms with Crippen LogP contribution >= 0.6 is 0 Å². The molecule has 6 bridgehead atoms. The Bertz CT molecular complexity index is 1430. The molecule has 0 radical (unpaired) electrons. The maximum Gasteiger partial charge on any atom is 0.422 e. The van der Waals surface area contributed by atoms with Gasteiger partial charge in [0, 0.05) is 42.8 Å². The number of fused-ring (bicyclic) bond motifs is 2. The number of amides is 2. The molecule has 1 aromatic heterocycles. The number of hydrogen-bond donors (Lipinski definition) is 3. The van der Waals surface area contributed by atoms with Crippen LogP contribution in [0.4, 0.5) is 30.8 Å². The molecule has 0 aliphatic carbocycles. The summed E-state index contributed by atoms with van der Waals surface area (Å²) in [6, 6.07) is 13.3. The van der Waals surface area contributed by atoms with E-state index in [1.165, 1.54) is 0 Å². The summed E-state index contributed by atoms with van der Waals surface area (Å²) in [7, 11) is 0. The van der Waals surface area contributed by atoms with Crippen LogP contribution in [-0.4, -0.2) is 70.7 Å². The van der Waals surface area contributed by atoms with Crippen LogP contribution in [-0.2, 0) is 11.3 Å². The predicted molar refractivity (Wildman–Crippen MR) is 163 cm³/mol. The van der Waals surface area contributed by atoms with Crippen LogP contribution in [0.1, 0.15) is 56.0 Å². The third-order valence-electron chi connectivity index (χ3n) is 6.67. The number of nitrogens with zero attached hydrogens (tertiary/aromatic N) is 4. The second-order valence-corrected chi connectivity index (χ2v) is 11.6. The third-order valence-corrected chi connectivity index (χ3v) is 6.67. The van der Waals surface area contributed by atoms with Gasteiger partial charge in [-0.25, -0.2) is 0 Å². The molecule has 2 amide bonds. The van der Waals surface area contributed by atoms with Crippen LogP contribution < -0.4 is 25.4 Å². The number of benzene rings is 2. The molecule has 45 heavy (non-hydrogen) atoms. The van der Waals surface area contributed by atoms with Crippen molar-refractivity contribution in [2.24, 2.45) is 5.41 Å². The van der Waals surface area contributed by atoms with Crippen LogP contribution in [0.2, 0.25) is 0 Å². The Kier molecular flexibility index (Phi) is 11.0. The minimum Gasteiger partial charge on any atom is -0.494 e. The molecule has 4 heterocycles. The fourth-order valence-electron chi connectivity index (χ4n) is 4.38. The van der Waals surface area contributed by atoms with Crippen LogP contribution in [0, 0.1) is 5.41 Å². The van der Waals surface area contributed by atoms with Gasteiger partial charge in [-0.15, -0.1) is 0 Å². The normalized spacial score (nSPS) is 15.5. The largest absolute Gasteiger partial charge is 0.494 e. The number of nitrogens with one attached hydrogen (secondary N) is 3. The van der Waals surface area contributed by atoms with Gasteiger partial charge < -0.3 is 30.3 Å². The number of ether oxygens (including phenoxy) is 2. The van der Waals surface area contributed by atoms with Crippen molar-refractivity contribution in [3.8, 4) is 11.8 Å². The molecule has 0 saturated carbocycles. The zero-order chi connectivity index (χ0) is 32.5. The second kappa shape index (κ2) is 14.9. The minimum absolute atomic E-state index is 0.00510. The number of anilines is 3. The fourth-order valence-corrected chi connectivity index (χ4v) is 4.38. The molecule has 3 aliphatic heterocycles. The zero-order valence-corrected chi connectivity index (χ0v) is 25.5. The molecule has 0 unspecified atom stereocenters. The molecule has 2 aromatic carbocycles. The number of rotatable bonds is 2. The van der Waals surface area contributed by atoms with E-state index in [-0.39, 0.29) is 30.3 Å². The van der Waals surface area contributed by atoms with E-state index in [0.717, 1.165) is 18.4 Å². The average molecular weight is 630 g/mol. The quantitative estimate of drug-likeness (QED) is 0.344. The van der Waals surface area contributed by atoms with Gasteiger partial charge in [-0.3, -0.25) is 9.59 Å². The summed E-state index contributed by atoms with van der Waals surface area (Å²) < 4.78 is 49.1. The Morgan fingerprint density at radius 3 is 2.29 bits per heavy atom. The summed E-state index contributed by atoms with van der Waals surface area (Å²) in [6.07, 6.45) is -2.48. The monoisotopic (exact) mass is 629 g/mol. The van der Waals surface area contributed by atoms with E-state index in [1.54, 1.807) is 24.3 Å². The van der Waals surface area contributed by atoms with Crippen molar-refractivity contribution in [2.75, 3.05) is 43.5 Å². The van der Waals surface area contributed by atoms with E-state index in [0.29, 0.717) is 49.7 Å². The van der Waals surface area contributed by atoms with Gasteiger partial charge in [0.1, 0.15) is 5.75 Å². The molecule has 11 nitrogen and oxygen atoms in total. The van der Waals surface area contributed by atoms with Gasteiger partial charge in [0.2, 0.25) is 17.8 Å². The second-order valence-electron chi connectivity index (χ2n) is 11.6. The smallest absolute Gasteiger partial charge is 0.422 e. The molecule has 0 spiro atoms. The highest BCUT2D eigenvalue weighted by Gasteiger charge is 2.29. The number of aromatic nitrogens is 3. The number of carbonyl (C=O) groups is 2. The molecule has 0 atom stereocenters. The van der Waals surface area contributed by atoms with Gasteiger partial charge in [-0.05, 0) is 61.2 Å². The lowest BCUT2D eigenvalue weighted by molar-refractivity contribution is -0.154. The highest BCUT2D eigenvalue weighted by atomic mass is 19.4. The maximum absolute atomic E-state index is 13.1. The van der Waals surface area contributed by atoms with Crippen molar-refractivity contribution in [2.45, 2.75) is 52.8 Å². The Hall–Kier alpha value is -4.62. The lowest BCUT2D eigenvalue weighted by Gasteiger charge is -2.29. The van der Waals surface area contributed by atoms with Crippen molar-refractivity contribution in [1.29, 1.82) is 0 Å². The molecule has 0 saturated heterocycles. The Labute approximate surface area is 259 Å². The molecule has 3 aromatic rings. The van der Waals surface area contributed by atoms with Crippen LogP contribution in [0.5, 0.6) is 11.8 Å². The van der Waals surface area contributed by atoms with Crippen molar-refractivity contribution in [3.05, 3.63) is 59.7 Å². The first-order valence-corrected chi connectivity index (χ1v) is 14.7. The number of hydrogen-bond acceptors (Lipinski definition) is 9. The van der Waals surface area contributed by atoms with E-state index in [1.807, 2.05) is 49.9 Å². The van der Waals surface area contributed by atoms with E-state index in [4.69, 9.17) is 9.47 Å². The highest BCUT2D eigenvalue weighted by Crippen LogP contribution is 2.22. The lowest BCUT2D eigenvalue weighted by Crippen LogP contribution is -2.41. The van der Waals surface area contributed by atoms with E-state index < -0.39 is 24.2 Å². The first-order chi connectivity index (χ1) is 21.4. The highest BCUT2D eigenvalue weighted by molar-refractivity contribution is 5.94. The van der Waals surface area contributed by atoms with Crippen LogP contribution in [0.15, 0.2) is 48.5 Å². The molecular formula is C31H38F3N7O4. The molecule has 3 aliphatic rings. The summed E-state index contributed by atoms with van der Waals surface area (Å²) >= 11 is 0. The molecule has 242 valence electrons. The van der Waals surface area contributed by atoms with Gasteiger partial charge in [0.25, 0.3) is 5.91 Å². The Morgan fingerprint density at radius 1 is 0.911 bits per heavy atom. The van der Waals surface area contributed by atoms with Crippen LogP contribution in [0.3, 0.4) is 0 Å². The van der Waals surface area contributed by atoms with Gasteiger partial charge in [-0.1, -0.05) is 32.9 Å². The molecule has 3 N–H and O–H groups in total. The molecule has 14 heteroatoms. The summed E-state index contributed by atoms with van der Waals surface area (Å²) in [6.45, 7) is 6.35. The molecular weight excluding hydrogens is 591 g/mol. The van der Waals surface area contributed by atoms with E-state index in [9.17, 15) is 22.8 Å². The van der Waals surface area contributed by atoms with E-state index in [2.05, 4.69) is 30.9 Å². The summed E-state index contributed by atoms with van der Waals surface area (Å²) in [4.78, 5) is 39.8. The topological polar surface area (TPSA) is 131 Å². The summed E-state index contributed by atoms with van der Waals surface area (Å²) in [5.74, 6) is 0.418. The first-order valence-electron chi connectivity index (χ1n) is 14.7. The molecule has 0 fully saturated rings. The SMILES string of the molecule is CC(C)(C)C(=O)N1CCCCOc2ccc(cc2)CNc2nc(nc(OCC(F)(F)F)n2)Nc2ccc(cc2)C(=O)NCCC1. The average Bonchev–Trinajstić information content (AvgIpc) is 2.99. The predicted octanol–water partition coefficient (Wildman–Crippen LogP) is 5.34. The number of carbonyl (C=O) groups excluding carboxylic acids is 2. The van der Waals surface area contributed by atoms with Gasteiger partial charge in [-0.2, -0.15) is 28.1 Å². The summed E-state index contributed by atoms with van der Waals surface area (Å²) in [5.41, 5.74) is 1.23. The molecule has 6 rings (SSSR count). The van der Waals surface area contributed by atoms with Crippen molar-refractivity contribution >= 4 is 29.4 Å². The fraction of sp³-hybridized carbons (Fsp3) is 0.452. The first kappa shape index (κ1) is 33.3. The maximum atomic E-state index is 13.1. The van der Waals surface area contributed by atoms with Crippen molar-refractivity contribution in [1.82, 2.24) is 25.2 Å². The zero-order valence-electron chi connectivity index (χ0n) is 25.5. The van der Waals surface area contributed by atoms with E-state index >= 15 is 0 Å². The third kappa shape index (κ3) is 10.8. The Morgan fingerprint density at radius 2 is 1.60 bits per heavy atom. The number of alkyl halides is 3. The Balaban J connectivity index is 1.53. The van der Waals surface area contributed by atoms with Gasteiger partial charge in [0.05, 0.1) is 6.61 Å². The standard InChI is InChI=1S/C31H38F3N7O4/c1-30(2,3)26(43)41-16-4-5-18-44-24-13-7-21(8-14-24)19-36-27-38-28(40-29(39-27)45-20-31(32,33)34)37-23-11-9-22(10-12-23)25(42)35-15-6-17-41/h7-14H,4-6,15-20H2,1-3H3,(H,35,42)(H2,36,37,38,39,40). The summed E-state index contributed by atoms with van der Waals surface area (Å²) in [5, 5.41) is 8.79. The van der Waals surface area contributed by atoms with Crippen molar-refractivity contribution in [3.63, 3.8) is 0 Å².